The Labute approximate surface area is 262 Å². The number of nitrogens with one attached hydrogen (secondary N) is 2. The highest BCUT2D eigenvalue weighted by Gasteiger charge is 2.34. The Bertz CT molecular complexity index is 1790. The summed E-state index contributed by atoms with van der Waals surface area (Å²) in [6.07, 6.45) is -3.53. The molecule has 0 atom stereocenters. The number of rotatable bonds is 11. The number of hydrogen-bond acceptors (Lipinski definition) is 6. The van der Waals surface area contributed by atoms with Gasteiger partial charge in [0.05, 0.1) is 27.4 Å². The number of benzene rings is 4. The molecule has 9 nitrogen and oxygen atoms in total. The summed E-state index contributed by atoms with van der Waals surface area (Å²) in [6, 6.07) is 22.7. The fourth-order valence-electron chi connectivity index (χ4n) is 3.88. The molecule has 4 aromatic carbocycles. The summed E-state index contributed by atoms with van der Waals surface area (Å²) in [5.74, 6) is -0.893. The van der Waals surface area contributed by atoms with Crippen molar-refractivity contribution in [3.63, 3.8) is 0 Å². The highest BCUT2D eigenvalue weighted by atomic mass is 35.5. The summed E-state index contributed by atoms with van der Waals surface area (Å²) < 4.78 is 73.2. The van der Waals surface area contributed by atoms with Crippen molar-refractivity contribution in [1.82, 2.24) is 5.43 Å². The lowest BCUT2D eigenvalue weighted by Crippen LogP contribution is -2.40. The zero-order chi connectivity index (χ0) is 32.6. The van der Waals surface area contributed by atoms with Gasteiger partial charge in [-0.05, 0) is 79.2 Å². The van der Waals surface area contributed by atoms with Crippen molar-refractivity contribution in [3.8, 4) is 5.75 Å². The number of halogens is 4. The van der Waals surface area contributed by atoms with Crippen molar-refractivity contribution in [3.05, 3.63) is 119 Å². The van der Waals surface area contributed by atoms with Gasteiger partial charge in [-0.2, -0.15) is 18.3 Å². The number of aryl methyl sites for hydroxylation is 1. The smallest absolute Gasteiger partial charge is 0.416 e. The van der Waals surface area contributed by atoms with Crippen molar-refractivity contribution < 1.29 is 35.9 Å². The van der Waals surface area contributed by atoms with Crippen LogP contribution in [0.25, 0.3) is 0 Å². The average Bonchev–Trinajstić information content (AvgIpc) is 3.01. The molecular weight excluding hydrogens is 633 g/mol. The second kappa shape index (κ2) is 14.3. The average molecular weight is 659 g/mol. The summed E-state index contributed by atoms with van der Waals surface area (Å²) in [6.45, 7) is 0.786. The topological polar surface area (TPSA) is 117 Å². The molecule has 0 saturated carbocycles. The number of ether oxygens (including phenoxy) is 1. The van der Waals surface area contributed by atoms with Crippen LogP contribution in [0.4, 0.5) is 24.5 Å². The maximum atomic E-state index is 13.4. The van der Waals surface area contributed by atoms with Gasteiger partial charge in [-0.1, -0.05) is 47.5 Å². The van der Waals surface area contributed by atoms with Crippen LogP contribution in [-0.4, -0.2) is 39.6 Å². The standard InChI is InChI=1S/C31H26ClF3N4O5S/c1-21-7-12-24(13-8-21)37-30(41)20-44-25-14-9-22(10-15-25)18-36-38-29(40)19-39(45(42,43)26-5-3-2-4-6-26)28-17-23(31(33,34)35)11-16-27(28)32/h2-18H,19-20H2,1H3,(H,37,41)(H,38,40)/b36-18-. The number of alkyl halides is 3. The van der Waals surface area contributed by atoms with E-state index >= 15 is 0 Å². The number of carbonyl (C=O) groups is 2. The first kappa shape index (κ1) is 33.0. The van der Waals surface area contributed by atoms with E-state index in [-0.39, 0.29) is 22.4 Å². The minimum absolute atomic E-state index is 0.227. The summed E-state index contributed by atoms with van der Waals surface area (Å²) in [5.41, 5.74) is 2.72. The molecule has 2 amide bonds. The first-order valence-electron chi connectivity index (χ1n) is 13.2. The van der Waals surface area contributed by atoms with Crippen LogP contribution < -0.4 is 19.8 Å². The van der Waals surface area contributed by atoms with Gasteiger partial charge in [0.15, 0.2) is 6.61 Å². The molecule has 0 aliphatic carbocycles. The molecule has 0 spiro atoms. The second-order valence-electron chi connectivity index (χ2n) is 9.55. The van der Waals surface area contributed by atoms with Crippen LogP contribution in [-0.2, 0) is 25.8 Å². The van der Waals surface area contributed by atoms with Crippen LogP contribution in [0, 0.1) is 6.92 Å². The third kappa shape index (κ3) is 9.06. The number of sulfonamides is 1. The number of hydrazone groups is 1. The largest absolute Gasteiger partial charge is 0.484 e. The van der Waals surface area contributed by atoms with E-state index in [1.54, 1.807) is 42.5 Å². The van der Waals surface area contributed by atoms with Crippen molar-refractivity contribution in [2.75, 3.05) is 22.8 Å². The van der Waals surface area contributed by atoms with Crippen LogP contribution >= 0.6 is 11.6 Å². The Morgan fingerprint density at radius 1 is 0.933 bits per heavy atom. The van der Waals surface area contributed by atoms with Gasteiger partial charge in [-0.25, -0.2) is 13.8 Å². The van der Waals surface area contributed by atoms with Gasteiger partial charge in [0.2, 0.25) is 0 Å². The van der Waals surface area contributed by atoms with E-state index in [2.05, 4.69) is 15.8 Å². The van der Waals surface area contributed by atoms with E-state index in [1.807, 2.05) is 19.1 Å². The molecule has 0 aliphatic rings. The van der Waals surface area contributed by atoms with Crippen LogP contribution in [0.15, 0.2) is 107 Å². The molecule has 0 radical (unpaired) electrons. The lowest BCUT2D eigenvalue weighted by molar-refractivity contribution is -0.137. The van der Waals surface area contributed by atoms with Crippen LogP contribution in [0.2, 0.25) is 5.02 Å². The van der Waals surface area contributed by atoms with Crippen molar-refractivity contribution in [1.29, 1.82) is 0 Å². The van der Waals surface area contributed by atoms with E-state index < -0.39 is 39.9 Å². The minimum atomic E-state index is -4.79. The second-order valence-corrected chi connectivity index (χ2v) is 11.8. The first-order chi connectivity index (χ1) is 21.3. The quantitative estimate of drug-likeness (QED) is 0.151. The summed E-state index contributed by atoms with van der Waals surface area (Å²) in [5, 5.41) is 6.22. The van der Waals surface area contributed by atoms with E-state index in [1.165, 1.54) is 30.5 Å². The normalized spacial score (nSPS) is 11.7. The number of amides is 2. The van der Waals surface area contributed by atoms with Gasteiger partial charge in [0.25, 0.3) is 21.8 Å². The van der Waals surface area contributed by atoms with Crippen LogP contribution in [0.3, 0.4) is 0 Å². The molecule has 0 fully saturated rings. The molecule has 4 aromatic rings. The molecule has 0 saturated heterocycles. The molecule has 14 heteroatoms. The van der Waals surface area contributed by atoms with E-state index in [9.17, 15) is 31.2 Å². The SMILES string of the molecule is Cc1ccc(NC(=O)COc2ccc(/C=N\NC(=O)CN(c3cc(C(F)(F)F)ccc3Cl)S(=O)(=O)c3ccccc3)cc2)cc1. The molecule has 234 valence electrons. The lowest BCUT2D eigenvalue weighted by atomic mass is 10.2. The first-order valence-corrected chi connectivity index (χ1v) is 15.0. The van der Waals surface area contributed by atoms with Crippen molar-refractivity contribution in [2.24, 2.45) is 5.10 Å². The third-order valence-electron chi connectivity index (χ3n) is 6.15. The monoisotopic (exact) mass is 658 g/mol. The minimum Gasteiger partial charge on any atom is -0.484 e. The Hall–Kier alpha value is -4.88. The lowest BCUT2D eigenvalue weighted by Gasteiger charge is -2.25. The van der Waals surface area contributed by atoms with Crippen molar-refractivity contribution >= 4 is 51.0 Å². The maximum Gasteiger partial charge on any atom is 0.416 e. The molecule has 0 aromatic heterocycles. The number of nitrogens with zero attached hydrogens (tertiary/aromatic N) is 2. The molecule has 2 N–H and O–H groups in total. The van der Waals surface area contributed by atoms with Gasteiger partial charge in [-0.3, -0.25) is 13.9 Å². The Morgan fingerprint density at radius 2 is 1.60 bits per heavy atom. The summed E-state index contributed by atoms with van der Waals surface area (Å²) >= 11 is 6.13. The zero-order valence-corrected chi connectivity index (χ0v) is 25.2. The van der Waals surface area contributed by atoms with Gasteiger partial charge in [0, 0.05) is 5.69 Å². The highest BCUT2D eigenvalue weighted by Crippen LogP contribution is 2.37. The molecule has 0 bridgehead atoms. The van der Waals surface area contributed by atoms with Crippen LogP contribution in [0.1, 0.15) is 16.7 Å². The van der Waals surface area contributed by atoms with E-state index in [0.29, 0.717) is 33.4 Å². The Morgan fingerprint density at radius 3 is 2.24 bits per heavy atom. The maximum absolute atomic E-state index is 13.4. The van der Waals surface area contributed by atoms with E-state index in [0.717, 1.165) is 11.6 Å². The summed E-state index contributed by atoms with van der Waals surface area (Å²) in [4.78, 5) is 24.7. The number of anilines is 2. The van der Waals surface area contributed by atoms with Gasteiger partial charge >= 0.3 is 6.18 Å². The summed E-state index contributed by atoms with van der Waals surface area (Å²) in [7, 11) is -4.52. The molecule has 4 rings (SSSR count). The van der Waals surface area contributed by atoms with Gasteiger partial charge < -0.3 is 10.1 Å². The molecule has 0 unspecified atom stereocenters. The molecular formula is C31H26ClF3N4O5S. The molecule has 45 heavy (non-hydrogen) atoms. The fraction of sp³-hybridized carbons (Fsp3) is 0.129. The predicted octanol–water partition coefficient (Wildman–Crippen LogP) is 6.03. The number of carbonyl (C=O) groups excluding carboxylic acids is 2. The van der Waals surface area contributed by atoms with Gasteiger partial charge in [0.1, 0.15) is 12.3 Å². The predicted molar refractivity (Wildman–Crippen MR) is 165 cm³/mol. The fourth-order valence-corrected chi connectivity index (χ4v) is 5.60. The molecule has 0 aliphatic heterocycles. The Balaban J connectivity index is 1.41. The highest BCUT2D eigenvalue weighted by molar-refractivity contribution is 7.92. The molecule has 0 heterocycles. The van der Waals surface area contributed by atoms with E-state index in [4.69, 9.17) is 16.3 Å². The van der Waals surface area contributed by atoms with Crippen LogP contribution in [0.5, 0.6) is 5.75 Å². The van der Waals surface area contributed by atoms with Crippen molar-refractivity contribution in [2.45, 2.75) is 18.0 Å². The number of hydrogen-bond donors (Lipinski definition) is 2. The van der Waals surface area contributed by atoms with Gasteiger partial charge in [-0.15, -0.1) is 0 Å². The zero-order valence-electron chi connectivity index (χ0n) is 23.6. The third-order valence-corrected chi connectivity index (χ3v) is 8.24. The Kier molecular flexibility index (Phi) is 10.5.